The molecule has 2 aliphatic heterocycles. The number of aromatic nitrogens is 3. The van der Waals surface area contributed by atoms with E-state index in [-0.39, 0.29) is 12.1 Å². The van der Waals surface area contributed by atoms with Gasteiger partial charge in [-0.15, -0.1) is 11.8 Å². The molecule has 0 radical (unpaired) electrons. The number of ether oxygens (including phenoxy) is 3. The summed E-state index contributed by atoms with van der Waals surface area (Å²) in [6.45, 7) is 13.6. The molecule has 11 nitrogen and oxygen atoms in total. The minimum absolute atomic E-state index is 0.0201. The van der Waals surface area contributed by atoms with Crippen molar-refractivity contribution in [1.29, 1.82) is 10.5 Å². The van der Waals surface area contributed by atoms with Crippen molar-refractivity contribution in [3.05, 3.63) is 34.6 Å². The third-order valence-corrected chi connectivity index (χ3v) is 7.91. The van der Waals surface area contributed by atoms with Gasteiger partial charge >= 0.3 is 6.09 Å². The standard InChI is InChI=1S/C29H39N7O4S/c1-7-22-23(12-30)25(35-10-8-20(9-11-35)33-27(37)40-28(2,3)4)34-26(24(22)13-31)41-18-19-14-32-36(15-19)16-21-17-38-29(5,6)39-21/h14-15,20-21H,7-11,16-18H2,1-6H3,(H,33,37). The molecule has 2 aromatic rings. The predicted molar refractivity (Wildman–Crippen MR) is 154 cm³/mol. The number of pyridine rings is 1. The third-order valence-electron chi connectivity index (χ3n) is 6.86. The smallest absolute Gasteiger partial charge is 0.407 e. The second kappa shape index (κ2) is 12.7. The summed E-state index contributed by atoms with van der Waals surface area (Å²) < 4.78 is 18.8. The average Bonchev–Trinajstić information content (AvgIpc) is 3.50. The number of thioether (sulfide) groups is 1. The normalized spacial score (nSPS) is 19.0. The summed E-state index contributed by atoms with van der Waals surface area (Å²) in [6, 6.07) is 4.59. The molecule has 1 atom stereocenters. The molecule has 2 fully saturated rings. The number of anilines is 1. The SMILES string of the molecule is CCc1c(C#N)c(SCc2cnn(CC3COC(C)(C)O3)c2)nc(N2CCC(NC(=O)OC(C)(C)C)CC2)c1C#N. The topological polar surface area (TPSA) is 138 Å². The van der Waals surface area contributed by atoms with Crippen LogP contribution in [0.25, 0.3) is 0 Å². The Labute approximate surface area is 246 Å². The molecule has 1 amide bonds. The number of carbonyl (C=O) groups is 1. The van der Waals surface area contributed by atoms with Crippen molar-refractivity contribution in [2.45, 2.75) is 102 Å². The fourth-order valence-corrected chi connectivity index (χ4v) is 5.94. The van der Waals surface area contributed by atoms with E-state index in [1.807, 2.05) is 58.6 Å². The lowest BCUT2D eigenvalue weighted by atomic mass is 10.00. The Kier molecular flexibility index (Phi) is 9.48. The van der Waals surface area contributed by atoms with Crippen LogP contribution in [0.1, 0.15) is 76.6 Å². The maximum atomic E-state index is 12.2. The molecule has 0 aromatic carbocycles. The number of nitrogens with one attached hydrogen (secondary N) is 1. The van der Waals surface area contributed by atoms with Gasteiger partial charge in [-0.05, 0) is 59.4 Å². The number of hydrogen-bond donors (Lipinski definition) is 1. The first-order valence-electron chi connectivity index (χ1n) is 14.0. The van der Waals surface area contributed by atoms with Crippen LogP contribution in [0.5, 0.6) is 0 Å². The molecule has 4 rings (SSSR count). The molecule has 41 heavy (non-hydrogen) atoms. The van der Waals surface area contributed by atoms with E-state index in [0.29, 0.717) is 78.8 Å². The van der Waals surface area contributed by atoms with E-state index in [4.69, 9.17) is 19.2 Å². The highest BCUT2D eigenvalue weighted by molar-refractivity contribution is 7.98. The molecule has 1 unspecified atom stereocenters. The minimum Gasteiger partial charge on any atom is -0.444 e. The van der Waals surface area contributed by atoms with Crippen LogP contribution >= 0.6 is 11.8 Å². The summed E-state index contributed by atoms with van der Waals surface area (Å²) in [6.07, 6.45) is 5.24. The number of piperidine rings is 1. The Balaban J connectivity index is 1.46. The summed E-state index contributed by atoms with van der Waals surface area (Å²) in [7, 11) is 0. The van der Waals surface area contributed by atoms with E-state index >= 15 is 0 Å². The van der Waals surface area contributed by atoms with Gasteiger partial charge < -0.3 is 24.4 Å². The van der Waals surface area contributed by atoms with Crippen LogP contribution in [-0.2, 0) is 32.9 Å². The van der Waals surface area contributed by atoms with Gasteiger partial charge in [-0.3, -0.25) is 4.68 Å². The summed E-state index contributed by atoms with van der Waals surface area (Å²) >= 11 is 1.47. The molecule has 0 saturated carbocycles. The molecular weight excluding hydrogens is 542 g/mol. The van der Waals surface area contributed by atoms with Crippen molar-refractivity contribution < 1.29 is 19.0 Å². The van der Waals surface area contributed by atoms with Gasteiger partial charge in [0.1, 0.15) is 34.7 Å². The first-order valence-corrected chi connectivity index (χ1v) is 15.0. The predicted octanol–water partition coefficient (Wildman–Crippen LogP) is 4.52. The lowest BCUT2D eigenvalue weighted by molar-refractivity contribution is -0.139. The van der Waals surface area contributed by atoms with Gasteiger partial charge in [0.2, 0.25) is 0 Å². The van der Waals surface area contributed by atoms with Crippen LogP contribution < -0.4 is 10.2 Å². The Bertz CT molecular complexity index is 1330. The van der Waals surface area contributed by atoms with Gasteiger partial charge in [-0.25, -0.2) is 9.78 Å². The molecule has 12 heteroatoms. The first kappa shape index (κ1) is 30.6. The number of hydrogen-bond acceptors (Lipinski definition) is 10. The molecule has 4 heterocycles. The van der Waals surface area contributed by atoms with E-state index in [0.717, 1.165) is 5.56 Å². The molecule has 220 valence electrons. The first-order chi connectivity index (χ1) is 19.4. The van der Waals surface area contributed by atoms with Crippen LogP contribution in [0.3, 0.4) is 0 Å². The Morgan fingerprint density at radius 1 is 1.24 bits per heavy atom. The molecule has 1 N–H and O–H groups in total. The maximum Gasteiger partial charge on any atom is 0.407 e. The summed E-state index contributed by atoms with van der Waals surface area (Å²) in [5.41, 5.74) is 2.05. The number of alkyl carbamates (subject to hydrolysis) is 1. The van der Waals surface area contributed by atoms with Crippen molar-refractivity contribution in [1.82, 2.24) is 20.1 Å². The molecule has 0 aliphatic carbocycles. The zero-order valence-electron chi connectivity index (χ0n) is 24.7. The van der Waals surface area contributed by atoms with E-state index in [2.05, 4.69) is 27.5 Å². The van der Waals surface area contributed by atoms with Gasteiger partial charge in [0, 0.05) is 36.6 Å². The molecule has 2 saturated heterocycles. The lowest BCUT2D eigenvalue weighted by Gasteiger charge is -2.34. The fraction of sp³-hybridized carbons (Fsp3) is 0.621. The number of nitriles is 2. The number of amides is 1. The molecule has 0 bridgehead atoms. The van der Waals surface area contributed by atoms with Crippen molar-refractivity contribution in [2.24, 2.45) is 0 Å². The number of nitrogens with zero attached hydrogens (tertiary/aromatic N) is 6. The second-order valence-electron chi connectivity index (χ2n) is 11.8. The quantitative estimate of drug-likeness (QED) is 0.443. The molecule has 0 spiro atoms. The average molecular weight is 582 g/mol. The van der Waals surface area contributed by atoms with E-state index < -0.39 is 17.5 Å². The molecule has 2 aromatic heterocycles. The van der Waals surface area contributed by atoms with E-state index in [1.54, 1.807) is 0 Å². The highest BCUT2D eigenvalue weighted by Gasteiger charge is 2.33. The van der Waals surface area contributed by atoms with Crippen molar-refractivity contribution >= 4 is 23.7 Å². The van der Waals surface area contributed by atoms with Gasteiger partial charge in [-0.1, -0.05) is 6.92 Å². The van der Waals surface area contributed by atoms with Gasteiger partial charge in [0.05, 0.1) is 30.5 Å². The largest absolute Gasteiger partial charge is 0.444 e. The minimum atomic E-state index is -0.579. The van der Waals surface area contributed by atoms with Gasteiger partial charge in [0.15, 0.2) is 5.79 Å². The molecule has 2 aliphatic rings. The summed E-state index contributed by atoms with van der Waals surface area (Å²) in [5.74, 6) is 0.591. The van der Waals surface area contributed by atoms with Crippen LogP contribution in [0.2, 0.25) is 0 Å². The lowest BCUT2D eigenvalue weighted by Crippen LogP contribution is -2.46. The zero-order chi connectivity index (χ0) is 29.8. The van der Waals surface area contributed by atoms with Crippen LogP contribution in [-0.4, -0.2) is 64.1 Å². The Hall–Kier alpha value is -3.32. The second-order valence-corrected chi connectivity index (χ2v) is 12.7. The van der Waals surface area contributed by atoms with Crippen LogP contribution in [0, 0.1) is 22.7 Å². The van der Waals surface area contributed by atoms with E-state index in [9.17, 15) is 15.3 Å². The van der Waals surface area contributed by atoms with Crippen LogP contribution in [0.4, 0.5) is 10.6 Å². The molecular formula is C29H39N7O4S. The monoisotopic (exact) mass is 581 g/mol. The number of carbonyl (C=O) groups excluding carboxylic acids is 1. The van der Waals surface area contributed by atoms with Crippen molar-refractivity contribution in [3.8, 4) is 12.1 Å². The van der Waals surface area contributed by atoms with E-state index in [1.165, 1.54) is 11.8 Å². The summed E-state index contributed by atoms with van der Waals surface area (Å²) in [4.78, 5) is 19.2. The van der Waals surface area contributed by atoms with Gasteiger partial charge in [0.25, 0.3) is 0 Å². The van der Waals surface area contributed by atoms with Crippen molar-refractivity contribution in [2.75, 3.05) is 24.6 Å². The highest BCUT2D eigenvalue weighted by atomic mass is 32.2. The van der Waals surface area contributed by atoms with Gasteiger partial charge in [-0.2, -0.15) is 15.6 Å². The third kappa shape index (κ3) is 7.91. The summed E-state index contributed by atoms with van der Waals surface area (Å²) in [5, 5.41) is 28.1. The number of rotatable bonds is 8. The fourth-order valence-electron chi connectivity index (χ4n) is 5.02. The Morgan fingerprint density at radius 2 is 1.95 bits per heavy atom. The Morgan fingerprint density at radius 3 is 2.54 bits per heavy atom. The zero-order valence-corrected chi connectivity index (χ0v) is 25.5. The maximum absolute atomic E-state index is 12.2. The highest BCUT2D eigenvalue weighted by Crippen LogP contribution is 2.34. The van der Waals surface area contributed by atoms with Crippen LogP contribution in [0.15, 0.2) is 17.4 Å². The van der Waals surface area contributed by atoms with Crippen molar-refractivity contribution in [3.63, 3.8) is 0 Å².